The van der Waals surface area contributed by atoms with Crippen LogP contribution >= 0.6 is 11.6 Å². The fourth-order valence-corrected chi connectivity index (χ4v) is 3.48. The molecule has 4 nitrogen and oxygen atoms in total. The van der Waals surface area contributed by atoms with E-state index in [1.807, 2.05) is 6.92 Å². The van der Waals surface area contributed by atoms with Gasteiger partial charge in [-0.3, -0.25) is 4.40 Å². The predicted octanol–water partition coefficient (Wildman–Crippen LogP) is 3.69. The minimum absolute atomic E-state index is 0.277. The van der Waals surface area contributed by atoms with Crippen LogP contribution in [0.1, 0.15) is 56.2 Å². The molecule has 2 aromatic heterocycles. The summed E-state index contributed by atoms with van der Waals surface area (Å²) in [5, 5.41) is 9.12. The molecule has 0 saturated heterocycles. The molecule has 1 fully saturated rings. The molecular formula is C14H19ClN4. The number of aryl methyl sites for hydroxylation is 2. The Morgan fingerprint density at radius 1 is 1.26 bits per heavy atom. The summed E-state index contributed by atoms with van der Waals surface area (Å²) < 4.78 is 2.10. The number of hydrogen-bond acceptors (Lipinski definition) is 3. The lowest BCUT2D eigenvalue weighted by Crippen LogP contribution is -2.19. The average molecular weight is 279 g/mol. The van der Waals surface area contributed by atoms with Crippen LogP contribution in [-0.2, 0) is 0 Å². The van der Waals surface area contributed by atoms with E-state index in [9.17, 15) is 0 Å². The molecule has 102 valence electrons. The minimum atomic E-state index is 0.277. The van der Waals surface area contributed by atoms with Gasteiger partial charge in [0.15, 0.2) is 10.8 Å². The van der Waals surface area contributed by atoms with Gasteiger partial charge in [-0.25, -0.2) is 4.98 Å². The summed E-state index contributed by atoms with van der Waals surface area (Å²) in [4.78, 5) is 4.32. The van der Waals surface area contributed by atoms with Crippen LogP contribution in [0.15, 0.2) is 0 Å². The van der Waals surface area contributed by atoms with E-state index in [2.05, 4.69) is 40.4 Å². The Morgan fingerprint density at radius 3 is 2.63 bits per heavy atom. The molecule has 0 bridgehead atoms. The third kappa shape index (κ3) is 1.84. The first-order valence-corrected chi connectivity index (χ1v) is 7.17. The van der Waals surface area contributed by atoms with Crippen molar-refractivity contribution >= 4 is 17.2 Å². The van der Waals surface area contributed by atoms with Crippen LogP contribution in [-0.4, -0.2) is 19.6 Å². The van der Waals surface area contributed by atoms with Gasteiger partial charge >= 0.3 is 0 Å². The van der Waals surface area contributed by atoms with E-state index in [1.165, 1.54) is 19.3 Å². The lowest BCUT2D eigenvalue weighted by atomic mass is 9.81. The molecule has 0 amide bonds. The summed E-state index contributed by atoms with van der Waals surface area (Å²) in [6.07, 6.45) is 3.67. The fraction of sp³-hybridized carbons (Fsp3) is 0.643. The van der Waals surface area contributed by atoms with E-state index in [4.69, 9.17) is 11.6 Å². The van der Waals surface area contributed by atoms with E-state index in [0.29, 0.717) is 16.7 Å². The summed E-state index contributed by atoms with van der Waals surface area (Å²) in [5.41, 5.74) is 2.98. The van der Waals surface area contributed by atoms with Gasteiger partial charge in [-0.2, -0.15) is 0 Å². The highest BCUT2D eigenvalue weighted by atomic mass is 35.5. The largest absolute Gasteiger partial charge is 0.279 e. The number of rotatable bonds is 1. The van der Waals surface area contributed by atoms with Gasteiger partial charge in [0.25, 0.3) is 0 Å². The summed E-state index contributed by atoms with van der Waals surface area (Å²) in [7, 11) is 0. The molecule has 2 aromatic rings. The molecule has 1 atom stereocenters. The maximum Gasteiger partial charge on any atom is 0.198 e. The number of aromatic nitrogens is 4. The fourth-order valence-electron chi connectivity index (χ4n) is 3.23. The summed E-state index contributed by atoms with van der Waals surface area (Å²) >= 11 is 6.19. The number of halogens is 1. The highest BCUT2D eigenvalue weighted by Gasteiger charge is 2.38. The van der Waals surface area contributed by atoms with Crippen LogP contribution in [0.4, 0.5) is 0 Å². The van der Waals surface area contributed by atoms with Gasteiger partial charge in [0.1, 0.15) is 5.82 Å². The van der Waals surface area contributed by atoms with Gasteiger partial charge in [0, 0.05) is 11.6 Å². The third-order valence-electron chi connectivity index (χ3n) is 4.57. The molecule has 0 N–H and O–H groups in total. The van der Waals surface area contributed by atoms with Crippen LogP contribution in [0.5, 0.6) is 0 Å². The molecule has 19 heavy (non-hydrogen) atoms. The van der Waals surface area contributed by atoms with Crippen molar-refractivity contribution in [3.8, 4) is 0 Å². The van der Waals surface area contributed by atoms with E-state index in [-0.39, 0.29) is 5.41 Å². The van der Waals surface area contributed by atoms with Crippen molar-refractivity contribution in [3.63, 3.8) is 0 Å². The molecule has 1 aliphatic carbocycles. The van der Waals surface area contributed by atoms with Crippen LogP contribution in [0.2, 0.25) is 5.15 Å². The van der Waals surface area contributed by atoms with Crippen LogP contribution in [0.25, 0.3) is 5.65 Å². The zero-order chi connectivity index (χ0) is 13.8. The lowest BCUT2D eigenvalue weighted by Gasteiger charge is -2.25. The summed E-state index contributed by atoms with van der Waals surface area (Å²) in [6.45, 7) is 8.66. The monoisotopic (exact) mass is 278 g/mol. The van der Waals surface area contributed by atoms with Gasteiger partial charge in [-0.05, 0) is 32.1 Å². The van der Waals surface area contributed by atoms with Crippen molar-refractivity contribution in [2.45, 2.75) is 52.9 Å². The number of nitrogens with zero attached hydrogens (tertiary/aromatic N) is 4. The molecule has 1 unspecified atom stereocenters. The summed E-state index contributed by atoms with van der Waals surface area (Å²) in [6, 6.07) is 0. The molecule has 5 heteroatoms. The molecule has 0 aromatic carbocycles. The maximum atomic E-state index is 6.19. The first-order chi connectivity index (χ1) is 8.92. The SMILES string of the molecule is Cc1nc(Cl)c2nnc(C3CCCC3(C)C)n2c1C. The predicted molar refractivity (Wildman–Crippen MR) is 75.6 cm³/mol. The van der Waals surface area contributed by atoms with Gasteiger partial charge in [0.05, 0.1) is 5.69 Å². The first kappa shape index (κ1) is 12.9. The lowest BCUT2D eigenvalue weighted by molar-refractivity contribution is 0.320. The van der Waals surface area contributed by atoms with E-state index in [1.54, 1.807) is 0 Å². The standard InChI is InChI=1S/C14H19ClN4/c1-8-9(2)19-12(10-6-5-7-14(10,3)4)17-18-13(19)11(15)16-8/h10H,5-7H2,1-4H3. The van der Waals surface area contributed by atoms with Crippen LogP contribution in [0, 0.1) is 19.3 Å². The highest BCUT2D eigenvalue weighted by molar-refractivity contribution is 6.32. The normalized spacial score (nSPS) is 22.3. The second-order valence-corrected chi connectivity index (χ2v) is 6.58. The average Bonchev–Trinajstić information content (AvgIpc) is 2.89. The zero-order valence-corrected chi connectivity index (χ0v) is 12.6. The Morgan fingerprint density at radius 2 is 2.00 bits per heavy atom. The molecular weight excluding hydrogens is 260 g/mol. The van der Waals surface area contributed by atoms with Gasteiger partial charge < -0.3 is 0 Å². The Balaban J connectivity index is 2.26. The maximum absolute atomic E-state index is 6.19. The molecule has 0 spiro atoms. The molecule has 3 rings (SSSR count). The number of hydrogen-bond donors (Lipinski definition) is 0. The van der Waals surface area contributed by atoms with Crippen molar-refractivity contribution in [1.82, 2.24) is 19.6 Å². The van der Waals surface area contributed by atoms with Gasteiger partial charge in [-0.15, -0.1) is 10.2 Å². The molecule has 2 heterocycles. The quantitative estimate of drug-likeness (QED) is 0.799. The Hall–Kier alpha value is -1.16. The van der Waals surface area contributed by atoms with E-state index in [0.717, 1.165) is 17.2 Å². The van der Waals surface area contributed by atoms with E-state index < -0.39 is 0 Å². The minimum Gasteiger partial charge on any atom is -0.279 e. The van der Waals surface area contributed by atoms with Crippen LogP contribution in [0.3, 0.4) is 0 Å². The van der Waals surface area contributed by atoms with Gasteiger partial charge in [0.2, 0.25) is 0 Å². The molecule has 0 radical (unpaired) electrons. The molecule has 1 saturated carbocycles. The highest BCUT2D eigenvalue weighted by Crippen LogP contribution is 2.48. The Bertz CT molecular complexity index is 644. The second-order valence-electron chi connectivity index (χ2n) is 6.22. The summed E-state index contributed by atoms with van der Waals surface area (Å²) in [5.74, 6) is 1.49. The smallest absolute Gasteiger partial charge is 0.198 e. The van der Waals surface area contributed by atoms with Crippen molar-refractivity contribution < 1.29 is 0 Å². The molecule has 0 aliphatic heterocycles. The topological polar surface area (TPSA) is 43.1 Å². The molecule has 1 aliphatic rings. The van der Waals surface area contributed by atoms with E-state index >= 15 is 0 Å². The van der Waals surface area contributed by atoms with Crippen molar-refractivity contribution in [1.29, 1.82) is 0 Å². The zero-order valence-electron chi connectivity index (χ0n) is 11.9. The first-order valence-electron chi connectivity index (χ1n) is 6.79. The second kappa shape index (κ2) is 4.17. The Labute approximate surface area is 118 Å². The van der Waals surface area contributed by atoms with Crippen molar-refractivity contribution in [2.24, 2.45) is 5.41 Å². The Kier molecular flexibility index (Phi) is 2.82. The van der Waals surface area contributed by atoms with Gasteiger partial charge in [-0.1, -0.05) is 31.9 Å². The third-order valence-corrected chi connectivity index (χ3v) is 4.82. The van der Waals surface area contributed by atoms with Crippen molar-refractivity contribution in [3.05, 3.63) is 22.4 Å². The van der Waals surface area contributed by atoms with Crippen molar-refractivity contribution in [2.75, 3.05) is 0 Å². The van der Waals surface area contributed by atoms with Crippen LogP contribution < -0.4 is 0 Å². The number of fused-ring (bicyclic) bond motifs is 1.